The number of hydrogen-bond donors (Lipinski definition) is 0. The van der Waals surface area contributed by atoms with Crippen LogP contribution in [-0.4, -0.2) is 63.3 Å². The van der Waals surface area contributed by atoms with Gasteiger partial charge in [-0.05, 0) is 61.7 Å². The smallest absolute Gasteiger partial charge is 0.222 e. The summed E-state index contributed by atoms with van der Waals surface area (Å²) in [6.45, 7) is 6.89. The third-order valence-electron chi connectivity index (χ3n) is 5.94. The lowest BCUT2D eigenvalue weighted by Gasteiger charge is -2.34. The number of aromatic nitrogens is 1. The van der Waals surface area contributed by atoms with Gasteiger partial charge in [-0.3, -0.25) is 4.79 Å². The zero-order valence-corrected chi connectivity index (χ0v) is 20.8. The quantitative estimate of drug-likeness (QED) is 0.504. The molecule has 2 heterocycles. The van der Waals surface area contributed by atoms with Gasteiger partial charge < -0.3 is 14.5 Å². The van der Waals surface area contributed by atoms with Crippen molar-refractivity contribution in [3.8, 4) is 5.75 Å². The fraction of sp³-hybridized carbons (Fsp3) is 0.417. The summed E-state index contributed by atoms with van der Waals surface area (Å²) in [5.74, 6) is 0.574. The van der Waals surface area contributed by atoms with Crippen LogP contribution >= 0.6 is 11.3 Å². The van der Waals surface area contributed by atoms with Crippen LogP contribution in [0.15, 0.2) is 41.3 Å². The Bertz CT molecular complexity index is 1240. The minimum absolute atomic E-state index is 0.00958. The van der Waals surface area contributed by atoms with E-state index in [-0.39, 0.29) is 23.0 Å². The first-order valence-electron chi connectivity index (χ1n) is 11.0. The molecule has 9 heteroatoms. The van der Waals surface area contributed by atoms with Gasteiger partial charge in [-0.25, -0.2) is 13.4 Å². The zero-order chi connectivity index (χ0) is 23.6. The first-order valence-corrected chi connectivity index (χ1v) is 13.5. The maximum absolute atomic E-state index is 12.7. The molecule has 7 nitrogen and oxygen atoms in total. The number of ether oxygens (including phenoxy) is 1. The Morgan fingerprint density at radius 3 is 2.45 bits per heavy atom. The van der Waals surface area contributed by atoms with E-state index in [1.54, 1.807) is 35.6 Å². The van der Waals surface area contributed by atoms with E-state index in [0.29, 0.717) is 25.3 Å². The molecular formula is C24H29N3O4S2. The van der Waals surface area contributed by atoms with Crippen LogP contribution in [0.3, 0.4) is 0 Å². The molecule has 1 amide bonds. The fourth-order valence-electron chi connectivity index (χ4n) is 4.11. The van der Waals surface area contributed by atoms with Crippen molar-refractivity contribution in [2.24, 2.45) is 0 Å². The highest BCUT2D eigenvalue weighted by molar-refractivity contribution is 7.91. The molecule has 1 aliphatic rings. The fourth-order valence-corrected chi connectivity index (χ4v) is 6.62. The second-order valence-corrected chi connectivity index (χ2v) is 11.5. The zero-order valence-electron chi connectivity index (χ0n) is 19.2. The number of hydrogen-bond acceptors (Lipinski definition) is 7. The van der Waals surface area contributed by atoms with Crippen LogP contribution in [0.5, 0.6) is 5.75 Å². The van der Waals surface area contributed by atoms with Crippen LogP contribution in [0.4, 0.5) is 5.13 Å². The van der Waals surface area contributed by atoms with E-state index < -0.39 is 9.84 Å². The number of carbonyl (C=O) groups excluding carboxylic acids is 1. The van der Waals surface area contributed by atoms with Gasteiger partial charge in [-0.1, -0.05) is 17.4 Å². The summed E-state index contributed by atoms with van der Waals surface area (Å²) < 4.78 is 31.3. The van der Waals surface area contributed by atoms with Crippen LogP contribution in [0.2, 0.25) is 0 Å². The molecule has 0 atom stereocenters. The predicted molar refractivity (Wildman–Crippen MR) is 132 cm³/mol. The molecule has 1 aliphatic heterocycles. The van der Waals surface area contributed by atoms with Gasteiger partial charge in [-0.2, -0.15) is 0 Å². The monoisotopic (exact) mass is 487 g/mol. The summed E-state index contributed by atoms with van der Waals surface area (Å²) in [7, 11) is -1.88. The van der Waals surface area contributed by atoms with Crippen molar-refractivity contribution >= 4 is 42.4 Å². The summed E-state index contributed by atoms with van der Waals surface area (Å²) in [4.78, 5) is 21.8. The molecule has 0 N–H and O–H groups in total. The molecule has 1 saturated heterocycles. The number of carbonyl (C=O) groups is 1. The van der Waals surface area contributed by atoms with Crippen molar-refractivity contribution in [3.05, 3.63) is 47.5 Å². The molecule has 2 aromatic carbocycles. The van der Waals surface area contributed by atoms with Gasteiger partial charge in [0.25, 0.3) is 0 Å². The average Bonchev–Trinajstić information content (AvgIpc) is 3.23. The minimum atomic E-state index is -3.42. The topological polar surface area (TPSA) is 79.8 Å². The summed E-state index contributed by atoms with van der Waals surface area (Å²) in [5.41, 5.74) is 3.47. The third-order valence-corrected chi connectivity index (χ3v) is 8.82. The Kier molecular flexibility index (Phi) is 6.90. The first-order chi connectivity index (χ1) is 15.8. The molecule has 0 saturated carbocycles. The molecular weight excluding hydrogens is 458 g/mol. The van der Waals surface area contributed by atoms with Crippen molar-refractivity contribution in [2.45, 2.75) is 31.6 Å². The van der Waals surface area contributed by atoms with E-state index in [2.05, 4.69) is 30.9 Å². The van der Waals surface area contributed by atoms with Crippen molar-refractivity contribution in [1.29, 1.82) is 0 Å². The van der Waals surface area contributed by atoms with Gasteiger partial charge in [0.2, 0.25) is 5.91 Å². The van der Waals surface area contributed by atoms with Crippen LogP contribution in [0, 0.1) is 13.8 Å². The summed E-state index contributed by atoms with van der Waals surface area (Å²) in [6.07, 6.45) is 0.541. The summed E-state index contributed by atoms with van der Waals surface area (Å²) in [6, 6.07) is 10.7. The number of fused-ring (bicyclic) bond motifs is 1. The first kappa shape index (κ1) is 23.5. The van der Waals surface area contributed by atoms with Gasteiger partial charge in [0.05, 0.1) is 28.0 Å². The van der Waals surface area contributed by atoms with Gasteiger partial charge in [-0.15, -0.1) is 0 Å². The van der Waals surface area contributed by atoms with Gasteiger partial charge in [0.15, 0.2) is 15.0 Å². The Morgan fingerprint density at radius 1 is 1.09 bits per heavy atom. The molecule has 0 radical (unpaired) electrons. The summed E-state index contributed by atoms with van der Waals surface area (Å²) in [5, 5.41) is 0.997. The van der Waals surface area contributed by atoms with E-state index >= 15 is 0 Å². The number of rotatable bonds is 7. The van der Waals surface area contributed by atoms with Crippen LogP contribution in [0.1, 0.15) is 24.0 Å². The molecule has 33 heavy (non-hydrogen) atoms. The maximum atomic E-state index is 12.7. The highest BCUT2D eigenvalue weighted by atomic mass is 32.2. The number of amides is 1. The molecule has 0 aliphatic carbocycles. The summed E-state index contributed by atoms with van der Waals surface area (Å²) >= 11 is 1.70. The molecule has 0 unspecified atom stereocenters. The normalized spacial score (nSPS) is 14.6. The predicted octanol–water partition coefficient (Wildman–Crippen LogP) is 3.82. The lowest BCUT2D eigenvalue weighted by Crippen LogP contribution is -2.48. The van der Waals surface area contributed by atoms with E-state index in [1.165, 1.54) is 22.9 Å². The molecule has 3 aromatic rings. The number of thiazole rings is 1. The standard InChI is InChI=1S/C24H29N3O4S2/c1-17-15-18(2)23-21(16-17)32-24(25-23)27-12-10-26(11-13-27)22(28)5-4-14-33(29,30)20-8-6-19(31-3)7-9-20/h6-9,15-16H,4-5,10-14H2,1-3H3. The Labute approximate surface area is 198 Å². The average molecular weight is 488 g/mol. The lowest BCUT2D eigenvalue weighted by molar-refractivity contribution is -0.131. The molecule has 1 aromatic heterocycles. The largest absolute Gasteiger partial charge is 0.497 e. The molecule has 4 rings (SSSR count). The molecule has 1 fully saturated rings. The molecule has 0 bridgehead atoms. The second kappa shape index (κ2) is 9.69. The van der Waals surface area contributed by atoms with Crippen LogP contribution in [-0.2, 0) is 14.6 Å². The number of methoxy groups -OCH3 is 1. The Hall–Kier alpha value is -2.65. The van der Waals surface area contributed by atoms with Gasteiger partial charge in [0, 0.05) is 32.6 Å². The van der Waals surface area contributed by atoms with E-state index in [9.17, 15) is 13.2 Å². The number of sulfone groups is 1. The highest BCUT2D eigenvalue weighted by Gasteiger charge is 2.24. The lowest BCUT2D eigenvalue weighted by atomic mass is 10.1. The number of piperazine rings is 1. The van der Waals surface area contributed by atoms with E-state index in [0.717, 1.165) is 23.7 Å². The van der Waals surface area contributed by atoms with Crippen molar-refractivity contribution in [1.82, 2.24) is 9.88 Å². The molecule has 0 spiro atoms. The minimum Gasteiger partial charge on any atom is -0.497 e. The number of benzene rings is 2. The van der Waals surface area contributed by atoms with Gasteiger partial charge in [0.1, 0.15) is 5.75 Å². The maximum Gasteiger partial charge on any atom is 0.222 e. The Balaban J connectivity index is 1.28. The van der Waals surface area contributed by atoms with Crippen LogP contribution < -0.4 is 9.64 Å². The molecule has 176 valence electrons. The SMILES string of the molecule is COc1ccc(S(=O)(=O)CCCC(=O)N2CCN(c3nc4c(C)cc(C)cc4s3)CC2)cc1. The van der Waals surface area contributed by atoms with Crippen molar-refractivity contribution in [2.75, 3.05) is 43.9 Å². The number of nitrogens with zero attached hydrogens (tertiary/aromatic N) is 3. The van der Waals surface area contributed by atoms with E-state index in [1.807, 2.05) is 4.90 Å². The van der Waals surface area contributed by atoms with E-state index in [4.69, 9.17) is 9.72 Å². The Morgan fingerprint density at radius 2 is 1.79 bits per heavy atom. The number of anilines is 1. The van der Waals surface area contributed by atoms with Gasteiger partial charge >= 0.3 is 0 Å². The van der Waals surface area contributed by atoms with Crippen molar-refractivity contribution < 1.29 is 17.9 Å². The van der Waals surface area contributed by atoms with Crippen LogP contribution in [0.25, 0.3) is 10.2 Å². The number of aryl methyl sites for hydroxylation is 2. The van der Waals surface area contributed by atoms with Crippen molar-refractivity contribution in [3.63, 3.8) is 0 Å². The highest BCUT2D eigenvalue weighted by Crippen LogP contribution is 2.32. The second-order valence-electron chi connectivity index (χ2n) is 8.39. The third kappa shape index (κ3) is 5.30.